The number of nitrogens with zero attached hydrogens (tertiary/aromatic N) is 2. The quantitative estimate of drug-likeness (QED) is 0.890. The highest BCUT2D eigenvalue weighted by Crippen LogP contribution is 2.18. The van der Waals surface area contributed by atoms with Gasteiger partial charge < -0.3 is 4.90 Å². The van der Waals surface area contributed by atoms with Crippen LogP contribution in [0.5, 0.6) is 0 Å². The molecule has 0 radical (unpaired) electrons. The molecule has 0 aliphatic carbocycles. The van der Waals surface area contributed by atoms with Crippen molar-refractivity contribution in [3.05, 3.63) is 22.9 Å². The van der Waals surface area contributed by atoms with Gasteiger partial charge in [0.15, 0.2) is 0 Å². The summed E-state index contributed by atoms with van der Waals surface area (Å²) in [6.07, 6.45) is 4.63. The normalized spacial score (nSPS) is 18.6. The number of aromatic nitrogens is 1. The van der Waals surface area contributed by atoms with E-state index in [1.54, 1.807) is 12.3 Å². The van der Waals surface area contributed by atoms with Crippen LogP contribution in [-0.2, 0) is 10.0 Å². The molecule has 0 aromatic carbocycles. The Balaban J connectivity index is 2.00. The van der Waals surface area contributed by atoms with Crippen molar-refractivity contribution < 1.29 is 8.42 Å². The maximum absolute atomic E-state index is 12.3. The molecule has 0 atom stereocenters. The highest BCUT2D eigenvalue weighted by Gasteiger charge is 2.25. The minimum Gasteiger partial charge on any atom is -0.301 e. The summed E-state index contributed by atoms with van der Waals surface area (Å²) in [7, 11) is -3.48. The molecule has 20 heavy (non-hydrogen) atoms. The van der Waals surface area contributed by atoms with Gasteiger partial charge in [-0.1, -0.05) is 0 Å². The van der Waals surface area contributed by atoms with Crippen LogP contribution in [0.15, 0.2) is 27.8 Å². The fourth-order valence-corrected chi connectivity index (χ4v) is 4.17. The smallest absolute Gasteiger partial charge is 0.242 e. The fraction of sp³-hybridized carbons (Fsp3) is 0.615. The zero-order valence-corrected chi connectivity index (χ0v) is 14.1. The maximum Gasteiger partial charge on any atom is 0.242 e. The van der Waals surface area contributed by atoms with Crippen molar-refractivity contribution in [2.75, 3.05) is 13.1 Å². The molecule has 5 nitrogen and oxygen atoms in total. The van der Waals surface area contributed by atoms with Gasteiger partial charge in [0.2, 0.25) is 10.0 Å². The average Bonchev–Trinajstić information content (AvgIpc) is 2.39. The number of rotatable bonds is 4. The zero-order chi connectivity index (χ0) is 14.8. The van der Waals surface area contributed by atoms with Gasteiger partial charge in [-0.3, -0.25) is 4.98 Å². The maximum atomic E-state index is 12.3. The molecule has 0 unspecified atom stereocenters. The Morgan fingerprint density at radius 1 is 1.35 bits per heavy atom. The van der Waals surface area contributed by atoms with Gasteiger partial charge in [0, 0.05) is 29.0 Å². The van der Waals surface area contributed by atoms with E-state index in [9.17, 15) is 8.42 Å². The third kappa shape index (κ3) is 4.00. The Hall–Kier alpha value is -0.500. The molecule has 1 aromatic rings. The van der Waals surface area contributed by atoms with E-state index in [1.807, 2.05) is 0 Å². The molecule has 1 fully saturated rings. The van der Waals surface area contributed by atoms with Gasteiger partial charge in [-0.15, -0.1) is 0 Å². The molecule has 2 heterocycles. The minimum atomic E-state index is -3.48. The largest absolute Gasteiger partial charge is 0.301 e. The second kappa shape index (κ2) is 6.51. The van der Waals surface area contributed by atoms with Gasteiger partial charge in [0.25, 0.3) is 0 Å². The van der Waals surface area contributed by atoms with Gasteiger partial charge in [0.1, 0.15) is 4.90 Å². The molecule has 1 saturated heterocycles. The van der Waals surface area contributed by atoms with Crippen LogP contribution >= 0.6 is 15.9 Å². The number of nitrogens with one attached hydrogen (secondary N) is 1. The van der Waals surface area contributed by atoms with Crippen LogP contribution in [0.3, 0.4) is 0 Å². The van der Waals surface area contributed by atoms with Crippen LogP contribution in [0.1, 0.15) is 26.7 Å². The first kappa shape index (κ1) is 15.9. The Bertz CT molecular complexity index is 554. The van der Waals surface area contributed by atoms with Crippen molar-refractivity contribution in [2.24, 2.45) is 0 Å². The van der Waals surface area contributed by atoms with Crippen molar-refractivity contribution in [2.45, 2.75) is 43.7 Å². The van der Waals surface area contributed by atoms with E-state index in [2.05, 4.69) is 44.4 Å². The standard InChI is InChI=1S/C13H20BrN3O2S/c1-10(2)17-5-3-12(4-6-17)16-20(18,19)13-7-11(14)8-15-9-13/h7-10,12,16H,3-6H2,1-2H3. The number of piperidine rings is 1. The number of pyridine rings is 1. The number of hydrogen-bond acceptors (Lipinski definition) is 4. The summed E-state index contributed by atoms with van der Waals surface area (Å²) in [5, 5.41) is 0. The topological polar surface area (TPSA) is 62.3 Å². The molecule has 0 amide bonds. The van der Waals surface area contributed by atoms with E-state index in [4.69, 9.17) is 0 Å². The summed E-state index contributed by atoms with van der Waals surface area (Å²) < 4.78 is 28.0. The average molecular weight is 362 g/mol. The molecular formula is C13H20BrN3O2S. The summed E-state index contributed by atoms with van der Waals surface area (Å²) in [4.78, 5) is 6.48. The summed E-state index contributed by atoms with van der Waals surface area (Å²) in [5.74, 6) is 0. The lowest BCUT2D eigenvalue weighted by atomic mass is 10.1. The highest BCUT2D eigenvalue weighted by molar-refractivity contribution is 9.10. The van der Waals surface area contributed by atoms with Crippen LogP contribution in [0.25, 0.3) is 0 Å². The Labute approximate surface area is 129 Å². The lowest BCUT2D eigenvalue weighted by Gasteiger charge is -2.34. The SMILES string of the molecule is CC(C)N1CCC(NS(=O)(=O)c2cncc(Br)c2)CC1. The van der Waals surface area contributed by atoms with Gasteiger partial charge in [-0.25, -0.2) is 13.1 Å². The number of hydrogen-bond donors (Lipinski definition) is 1. The van der Waals surface area contributed by atoms with Crippen molar-refractivity contribution in [3.63, 3.8) is 0 Å². The van der Waals surface area contributed by atoms with E-state index in [-0.39, 0.29) is 10.9 Å². The van der Waals surface area contributed by atoms with Crippen LogP contribution < -0.4 is 4.72 Å². The molecular weight excluding hydrogens is 342 g/mol. The predicted octanol–water partition coefficient (Wildman–Crippen LogP) is 2.00. The summed E-state index contributed by atoms with van der Waals surface area (Å²) in [5.41, 5.74) is 0. The predicted molar refractivity (Wildman–Crippen MR) is 82.0 cm³/mol. The summed E-state index contributed by atoms with van der Waals surface area (Å²) in [6, 6.07) is 2.09. The number of sulfonamides is 1. The van der Waals surface area contributed by atoms with Crippen molar-refractivity contribution in [1.82, 2.24) is 14.6 Å². The molecule has 2 rings (SSSR count). The fourth-order valence-electron chi connectivity index (χ4n) is 2.36. The summed E-state index contributed by atoms with van der Waals surface area (Å²) >= 11 is 3.24. The minimum absolute atomic E-state index is 0.00832. The van der Waals surface area contributed by atoms with Gasteiger partial charge >= 0.3 is 0 Å². The van der Waals surface area contributed by atoms with Crippen LogP contribution in [-0.4, -0.2) is 43.5 Å². The van der Waals surface area contributed by atoms with Gasteiger partial charge in [-0.05, 0) is 61.8 Å². The van der Waals surface area contributed by atoms with Gasteiger partial charge in [-0.2, -0.15) is 0 Å². The van der Waals surface area contributed by atoms with Gasteiger partial charge in [0.05, 0.1) is 0 Å². The van der Waals surface area contributed by atoms with E-state index in [0.29, 0.717) is 10.5 Å². The molecule has 1 aliphatic heterocycles. The lowest BCUT2D eigenvalue weighted by molar-refractivity contribution is 0.168. The first-order valence-electron chi connectivity index (χ1n) is 6.75. The molecule has 1 aliphatic rings. The molecule has 1 aromatic heterocycles. The van der Waals surface area contributed by atoms with Crippen LogP contribution in [0.2, 0.25) is 0 Å². The van der Waals surface area contributed by atoms with E-state index < -0.39 is 10.0 Å². The van der Waals surface area contributed by atoms with E-state index in [1.165, 1.54) is 6.20 Å². The van der Waals surface area contributed by atoms with Crippen molar-refractivity contribution in [1.29, 1.82) is 0 Å². The molecule has 0 spiro atoms. The Kier molecular flexibility index (Phi) is 5.17. The first-order chi connectivity index (χ1) is 9.38. The van der Waals surface area contributed by atoms with Crippen molar-refractivity contribution in [3.8, 4) is 0 Å². The first-order valence-corrected chi connectivity index (χ1v) is 9.03. The van der Waals surface area contributed by atoms with Crippen LogP contribution in [0, 0.1) is 0 Å². The lowest BCUT2D eigenvalue weighted by Crippen LogP contribution is -2.46. The molecule has 7 heteroatoms. The second-order valence-electron chi connectivity index (χ2n) is 5.36. The third-order valence-electron chi connectivity index (χ3n) is 3.57. The van der Waals surface area contributed by atoms with E-state index >= 15 is 0 Å². The summed E-state index contributed by atoms with van der Waals surface area (Å²) in [6.45, 7) is 6.19. The molecule has 1 N–H and O–H groups in total. The Morgan fingerprint density at radius 3 is 2.55 bits per heavy atom. The highest BCUT2D eigenvalue weighted by atomic mass is 79.9. The second-order valence-corrected chi connectivity index (χ2v) is 7.99. The van der Waals surface area contributed by atoms with E-state index in [0.717, 1.165) is 25.9 Å². The number of halogens is 1. The Morgan fingerprint density at radius 2 is 2.00 bits per heavy atom. The molecule has 112 valence electrons. The van der Waals surface area contributed by atoms with Crippen LogP contribution in [0.4, 0.5) is 0 Å². The van der Waals surface area contributed by atoms with Crippen molar-refractivity contribution >= 4 is 26.0 Å². The monoisotopic (exact) mass is 361 g/mol. The third-order valence-corrected chi connectivity index (χ3v) is 5.49. The number of likely N-dealkylation sites (tertiary alicyclic amines) is 1. The molecule has 0 bridgehead atoms. The zero-order valence-electron chi connectivity index (χ0n) is 11.7. The molecule has 0 saturated carbocycles.